The molecule has 4 aromatic rings. The number of carbonyl (C=O) groups is 3. The molecule has 0 bridgehead atoms. The first-order chi connectivity index (χ1) is 21.7. The zero-order chi connectivity index (χ0) is 31.7. The van der Waals surface area contributed by atoms with Gasteiger partial charge in [-0.25, -0.2) is 14.8 Å². The van der Waals surface area contributed by atoms with Crippen molar-refractivity contribution < 1.29 is 28.7 Å². The molecule has 0 spiro atoms. The van der Waals surface area contributed by atoms with Crippen molar-refractivity contribution in [2.45, 2.75) is 31.7 Å². The Kier molecular flexibility index (Phi) is 8.68. The Labute approximate surface area is 261 Å². The van der Waals surface area contributed by atoms with Crippen LogP contribution in [0, 0.1) is 0 Å². The summed E-state index contributed by atoms with van der Waals surface area (Å²) in [6.45, 7) is 0.604. The number of hydrogen-bond acceptors (Lipinski definition) is 8. The number of benzene rings is 3. The van der Waals surface area contributed by atoms with E-state index >= 15 is 0 Å². The molecule has 13 nitrogen and oxygen atoms in total. The largest absolute Gasteiger partial charge is 0.427 e. The van der Waals surface area contributed by atoms with Crippen molar-refractivity contribution in [2.75, 3.05) is 20.1 Å². The van der Waals surface area contributed by atoms with Gasteiger partial charge in [-0.3, -0.25) is 14.3 Å². The van der Waals surface area contributed by atoms with Gasteiger partial charge in [-0.05, 0) is 28.8 Å². The highest BCUT2D eigenvalue weighted by molar-refractivity contribution is 7.39. The number of nitrogens with one attached hydrogen (secondary N) is 1. The summed E-state index contributed by atoms with van der Waals surface area (Å²) in [6.07, 6.45) is 1.21. The number of fused-ring (bicyclic) bond motifs is 2. The Bertz CT molecular complexity index is 1700. The van der Waals surface area contributed by atoms with Crippen LogP contribution in [0.5, 0.6) is 5.75 Å². The first kappa shape index (κ1) is 30.5. The number of nitrogens with zero attached hydrogens (tertiary/aromatic N) is 6. The van der Waals surface area contributed by atoms with Crippen molar-refractivity contribution in [1.29, 1.82) is 0 Å². The third-order valence-electron chi connectivity index (χ3n) is 8.18. The molecule has 2 aliphatic heterocycles. The lowest BCUT2D eigenvalue weighted by Gasteiger charge is -2.54. The number of urea groups is 1. The minimum absolute atomic E-state index is 0.0727. The number of piperazine rings is 1. The second-order valence-electron chi connectivity index (χ2n) is 11.1. The van der Waals surface area contributed by atoms with Crippen molar-refractivity contribution in [3.63, 3.8) is 0 Å². The van der Waals surface area contributed by atoms with E-state index in [-0.39, 0.29) is 49.7 Å². The Morgan fingerprint density at radius 1 is 1.00 bits per heavy atom. The second-order valence-corrected chi connectivity index (χ2v) is 11.8. The number of para-hydroxylation sites is 1. The van der Waals surface area contributed by atoms with Gasteiger partial charge < -0.3 is 29.4 Å². The predicted octanol–water partition coefficient (Wildman–Crippen LogP) is 2.34. The van der Waals surface area contributed by atoms with Gasteiger partial charge >= 0.3 is 14.6 Å². The lowest BCUT2D eigenvalue weighted by Crippen LogP contribution is -2.76. The molecule has 3 N–H and O–H groups in total. The number of hydrogen-bond donors (Lipinski definition) is 3. The van der Waals surface area contributed by atoms with Gasteiger partial charge in [0.15, 0.2) is 0 Å². The summed E-state index contributed by atoms with van der Waals surface area (Å²) >= 11 is 0. The summed E-state index contributed by atoms with van der Waals surface area (Å²) in [5, 5.41) is 11.4. The molecule has 0 saturated carbocycles. The predicted molar refractivity (Wildman–Crippen MR) is 166 cm³/mol. The fraction of sp³-hybridized carbons (Fsp3) is 0.290. The molecule has 14 heteroatoms. The van der Waals surface area contributed by atoms with Gasteiger partial charge in [-0.15, -0.1) is 0 Å². The van der Waals surface area contributed by atoms with Gasteiger partial charge in [0.1, 0.15) is 18.0 Å². The minimum Gasteiger partial charge on any atom is -0.427 e. The maximum atomic E-state index is 14.3. The number of likely N-dealkylation sites (N-methyl/N-ethyl adjacent to an activating group) is 1. The molecule has 4 amide bonds. The maximum absolute atomic E-state index is 14.3. The highest BCUT2D eigenvalue weighted by Crippen LogP contribution is 2.32. The van der Waals surface area contributed by atoms with E-state index < -0.39 is 20.8 Å². The van der Waals surface area contributed by atoms with E-state index in [2.05, 4.69) is 10.4 Å². The number of amides is 4. The third kappa shape index (κ3) is 6.34. The average molecular weight is 632 g/mol. The quantitative estimate of drug-likeness (QED) is 0.252. The minimum atomic E-state index is -2.57. The highest BCUT2D eigenvalue weighted by atomic mass is 31.2. The number of hydrazine groups is 1. The zero-order valence-electron chi connectivity index (χ0n) is 24.9. The second kappa shape index (κ2) is 12.8. The molecule has 0 aliphatic carbocycles. The van der Waals surface area contributed by atoms with Gasteiger partial charge in [0.05, 0.1) is 24.8 Å². The van der Waals surface area contributed by atoms with Crippen LogP contribution in [0.1, 0.15) is 16.7 Å². The van der Waals surface area contributed by atoms with E-state index in [0.29, 0.717) is 6.54 Å². The first-order valence-electron chi connectivity index (χ1n) is 14.5. The molecular formula is C31H34N7O6P. The summed E-state index contributed by atoms with van der Waals surface area (Å²) in [4.78, 5) is 63.3. The van der Waals surface area contributed by atoms with Crippen molar-refractivity contribution >= 4 is 37.4 Å². The van der Waals surface area contributed by atoms with Crippen molar-refractivity contribution in [3.8, 4) is 5.75 Å². The fourth-order valence-corrected chi connectivity index (χ4v) is 6.47. The molecule has 234 valence electrons. The number of carbonyl (C=O) groups excluding carboxylic acids is 3. The van der Waals surface area contributed by atoms with Crippen LogP contribution >= 0.6 is 8.60 Å². The molecule has 2 saturated heterocycles. The van der Waals surface area contributed by atoms with Gasteiger partial charge in [0.2, 0.25) is 11.8 Å². The fourth-order valence-electron chi connectivity index (χ4n) is 6.16. The normalized spacial score (nSPS) is 18.9. The third-order valence-corrected chi connectivity index (χ3v) is 8.55. The van der Waals surface area contributed by atoms with Crippen molar-refractivity contribution in [1.82, 2.24) is 34.9 Å². The molecule has 45 heavy (non-hydrogen) atoms. The maximum Gasteiger partial charge on any atom is 0.391 e. The van der Waals surface area contributed by atoms with Crippen LogP contribution in [0.4, 0.5) is 4.79 Å². The number of aryl methyl sites for hydroxylation is 1. The topological polar surface area (TPSA) is 144 Å². The SMILES string of the molecule is CN1CC(=O)N2[C@@H](Cc3ccc(OP(O)O)cc3)C(=O)N(Cc3cccc4cnn(C)c34)C[C@@H]2N1C(=O)NCc1ccccc1. The summed E-state index contributed by atoms with van der Waals surface area (Å²) in [5.41, 5.74) is 3.47. The zero-order valence-corrected chi connectivity index (χ0v) is 25.7. The number of rotatable bonds is 8. The first-order valence-corrected chi connectivity index (χ1v) is 15.6. The van der Waals surface area contributed by atoms with E-state index in [4.69, 9.17) is 4.52 Å². The highest BCUT2D eigenvalue weighted by Gasteiger charge is 2.50. The van der Waals surface area contributed by atoms with Crippen molar-refractivity contribution in [3.05, 3.63) is 95.7 Å². The lowest BCUT2D eigenvalue weighted by atomic mass is 9.98. The van der Waals surface area contributed by atoms with E-state index in [1.54, 1.807) is 52.1 Å². The molecule has 6 rings (SSSR count). The van der Waals surface area contributed by atoms with E-state index in [1.807, 2.05) is 55.6 Å². The van der Waals surface area contributed by atoms with Crippen LogP contribution in [0.25, 0.3) is 10.9 Å². The van der Waals surface area contributed by atoms with Crippen LogP contribution in [-0.4, -0.2) is 89.6 Å². The molecule has 2 fully saturated rings. The van der Waals surface area contributed by atoms with Crippen molar-refractivity contribution in [2.24, 2.45) is 7.05 Å². The Balaban J connectivity index is 1.33. The molecule has 1 aromatic heterocycles. The van der Waals surface area contributed by atoms with Gasteiger partial charge in [-0.2, -0.15) is 5.10 Å². The summed E-state index contributed by atoms with van der Waals surface area (Å²) < 4.78 is 6.76. The summed E-state index contributed by atoms with van der Waals surface area (Å²) in [6, 6.07) is 20.7. The molecule has 3 aromatic carbocycles. The molecule has 2 aliphatic rings. The molecule has 0 radical (unpaired) electrons. The molecule has 0 unspecified atom stereocenters. The summed E-state index contributed by atoms with van der Waals surface area (Å²) in [5.74, 6) is -0.222. The van der Waals surface area contributed by atoms with Crippen LogP contribution in [0.3, 0.4) is 0 Å². The Hall–Kier alpha value is -4.55. The summed E-state index contributed by atoms with van der Waals surface area (Å²) in [7, 11) is 0.977. The number of aromatic nitrogens is 2. The van der Waals surface area contributed by atoms with E-state index in [0.717, 1.165) is 27.6 Å². The Morgan fingerprint density at radius 2 is 1.76 bits per heavy atom. The van der Waals surface area contributed by atoms with Crippen LogP contribution in [0.2, 0.25) is 0 Å². The van der Waals surface area contributed by atoms with Crippen LogP contribution < -0.4 is 9.84 Å². The van der Waals surface area contributed by atoms with Crippen LogP contribution in [-0.2, 0) is 36.1 Å². The standard InChI is InChI=1S/C31H34N7O6P/c1-34-20-28(39)37-26(15-21-11-13-25(14-12-21)44-45(42)43)30(40)36(18-24-10-6-9-23-17-33-35(2)29(23)24)19-27(37)38(34)31(41)32-16-22-7-4-3-5-8-22/h3-14,17,26-27,42-43H,15-16,18-20H2,1-2H3,(H,32,41)/t26-,27-/m0/s1. The van der Waals surface area contributed by atoms with Crippen LogP contribution in [0.15, 0.2) is 79.0 Å². The van der Waals surface area contributed by atoms with E-state index in [9.17, 15) is 24.2 Å². The molecular weight excluding hydrogens is 597 g/mol. The molecule has 3 heterocycles. The van der Waals surface area contributed by atoms with Gasteiger partial charge in [0, 0.05) is 39.0 Å². The van der Waals surface area contributed by atoms with Gasteiger partial charge in [0.25, 0.3) is 0 Å². The molecule has 2 atom stereocenters. The Morgan fingerprint density at radius 3 is 2.49 bits per heavy atom. The monoisotopic (exact) mass is 631 g/mol. The van der Waals surface area contributed by atoms with Gasteiger partial charge in [-0.1, -0.05) is 60.7 Å². The average Bonchev–Trinajstić information content (AvgIpc) is 3.40. The van der Waals surface area contributed by atoms with E-state index in [1.165, 1.54) is 9.91 Å². The lowest BCUT2D eigenvalue weighted by molar-refractivity contribution is -0.187. The smallest absolute Gasteiger partial charge is 0.391 e.